The van der Waals surface area contributed by atoms with E-state index in [4.69, 9.17) is 0 Å². The first-order chi connectivity index (χ1) is 11.2. The normalized spacial score (nSPS) is 32.9. The third kappa shape index (κ3) is 4.21. The Morgan fingerprint density at radius 2 is 1.92 bits per heavy atom. The van der Waals surface area contributed by atoms with Gasteiger partial charge in [-0.2, -0.15) is 0 Å². The number of Topliss-reactive ketones (excluding diaryl/α,β-unsaturated/α-hetero) is 1. The average molecular weight is 331 g/mol. The minimum Gasteiger partial charge on any atom is -0.300 e. The van der Waals surface area contributed by atoms with Gasteiger partial charge >= 0.3 is 0 Å². The molecule has 0 heterocycles. The summed E-state index contributed by atoms with van der Waals surface area (Å²) in [4.78, 5) is 11.1. The lowest BCUT2D eigenvalue weighted by Crippen LogP contribution is -2.48. The van der Waals surface area contributed by atoms with Gasteiger partial charge in [0.1, 0.15) is 5.78 Å². The number of ketones is 1. The Kier molecular flexibility index (Phi) is 6.15. The van der Waals surface area contributed by atoms with Crippen LogP contribution in [-0.2, 0) is 4.79 Å². The lowest BCUT2D eigenvalue weighted by atomic mass is 9.48. The minimum absolute atomic E-state index is 0.296. The zero-order valence-corrected chi connectivity index (χ0v) is 16.9. The van der Waals surface area contributed by atoms with E-state index in [1.165, 1.54) is 44.1 Å². The Hall–Kier alpha value is -0.850. The molecule has 0 N–H and O–H groups in total. The first-order valence-corrected chi connectivity index (χ1v) is 9.98. The van der Waals surface area contributed by atoms with Crippen molar-refractivity contribution in [1.82, 2.24) is 0 Å². The van der Waals surface area contributed by atoms with Crippen LogP contribution in [0.3, 0.4) is 0 Å². The van der Waals surface area contributed by atoms with Gasteiger partial charge < -0.3 is 4.79 Å². The Balaban J connectivity index is 2.06. The Morgan fingerprint density at radius 3 is 2.58 bits per heavy atom. The molecule has 3 atom stereocenters. The summed E-state index contributed by atoms with van der Waals surface area (Å²) in [7, 11) is 0. The van der Waals surface area contributed by atoms with Crippen molar-refractivity contribution in [2.45, 2.75) is 92.9 Å². The van der Waals surface area contributed by atoms with Crippen molar-refractivity contribution >= 4 is 5.78 Å². The maximum Gasteiger partial charge on any atom is 0.130 e. The lowest BCUT2D eigenvalue weighted by molar-refractivity contribution is -0.116. The fourth-order valence-electron chi connectivity index (χ4n) is 5.69. The molecule has 0 aromatic carbocycles. The van der Waals surface area contributed by atoms with Crippen LogP contribution in [0.25, 0.3) is 0 Å². The molecule has 1 nitrogen and oxygen atoms in total. The fraction of sp³-hybridized carbons (Fsp3) is 0.783. The third-order valence-corrected chi connectivity index (χ3v) is 7.11. The van der Waals surface area contributed by atoms with Crippen LogP contribution in [0.5, 0.6) is 0 Å². The number of carbonyl (C=O) groups is 1. The summed E-state index contributed by atoms with van der Waals surface area (Å²) >= 11 is 0. The molecule has 136 valence electrons. The average Bonchev–Trinajstić information content (AvgIpc) is 2.45. The second-order valence-corrected chi connectivity index (χ2v) is 9.47. The van der Waals surface area contributed by atoms with Crippen molar-refractivity contribution in [1.29, 1.82) is 0 Å². The zero-order valence-electron chi connectivity index (χ0n) is 16.9. The highest BCUT2D eigenvalue weighted by atomic mass is 16.1. The van der Waals surface area contributed by atoms with E-state index in [-0.39, 0.29) is 0 Å². The summed E-state index contributed by atoms with van der Waals surface area (Å²) in [5, 5.41) is 0. The van der Waals surface area contributed by atoms with E-state index in [1.54, 1.807) is 12.5 Å². The molecule has 0 radical (unpaired) electrons. The molecule has 0 saturated heterocycles. The quantitative estimate of drug-likeness (QED) is 0.485. The zero-order chi connectivity index (χ0) is 18.0. The van der Waals surface area contributed by atoms with Gasteiger partial charge in [-0.25, -0.2) is 0 Å². The third-order valence-electron chi connectivity index (χ3n) is 7.11. The second-order valence-electron chi connectivity index (χ2n) is 9.47. The van der Waals surface area contributed by atoms with E-state index < -0.39 is 0 Å². The summed E-state index contributed by atoms with van der Waals surface area (Å²) in [5.41, 5.74) is 4.04. The van der Waals surface area contributed by atoms with Gasteiger partial charge in [0.2, 0.25) is 0 Å². The van der Waals surface area contributed by atoms with E-state index in [0.29, 0.717) is 23.0 Å². The molecule has 0 bridgehead atoms. The van der Waals surface area contributed by atoms with Gasteiger partial charge in [-0.1, -0.05) is 50.5 Å². The highest BCUT2D eigenvalue weighted by Gasteiger charge is 2.51. The van der Waals surface area contributed by atoms with Crippen molar-refractivity contribution in [3.8, 4) is 0 Å². The Labute approximate surface area is 150 Å². The number of fused-ring (bicyclic) bond motifs is 1. The van der Waals surface area contributed by atoms with Crippen LogP contribution in [0.15, 0.2) is 23.3 Å². The van der Waals surface area contributed by atoms with Crippen LogP contribution < -0.4 is 0 Å². The summed E-state index contributed by atoms with van der Waals surface area (Å²) in [5.74, 6) is 1.85. The second kappa shape index (κ2) is 7.58. The minimum atomic E-state index is 0.296. The molecule has 1 heteroatoms. The highest BCUT2D eigenvalue weighted by molar-refractivity contribution is 5.75. The van der Waals surface area contributed by atoms with Gasteiger partial charge in [-0.3, -0.25) is 0 Å². The molecule has 2 aliphatic rings. The standard InChI is InChI=1S/C23H38O/c1-17(9-7-10-19(3)24)11-13-20-18(2)12-14-21-22(4,5)15-8-16-23(20,21)6/h9,12,20-21H,7-8,10-11,13-16H2,1-6H3/b17-9+/t20-,21+,23-/m0/s1. The molecular weight excluding hydrogens is 292 g/mol. The molecule has 2 rings (SSSR count). The summed E-state index contributed by atoms with van der Waals surface area (Å²) < 4.78 is 0. The first-order valence-electron chi connectivity index (χ1n) is 9.98. The van der Waals surface area contributed by atoms with Gasteiger partial charge in [0.15, 0.2) is 0 Å². The summed E-state index contributed by atoms with van der Waals surface area (Å²) in [6.07, 6.45) is 14.3. The van der Waals surface area contributed by atoms with Gasteiger partial charge in [0, 0.05) is 6.42 Å². The van der Waals surface area contributed by atoms with Crippen molar-refractivity contribution < 1.29 is 4.79 Å². The van der Waals surface area contributed by atoms with Gasteiger partial charge in [0.25, 0.3) is 0 Å². The molecule has 0 spiro atoms. The molecular formula is C23H38O. The van der Waals surface area contributed by atoms with Gasteiger partial charge in [0.05, 0.1) is 0 Å². The maximum atomic E-state index is 11.1. The number of allylic oxidation sites excluding steroid dienone is 4. The largest absolute Gasteiger partial charge is 0.300 e. The van der Waals surface area contributed by atoms with Crippen LogP contribution in [0, 0.1) is 22.7 Å². The van der Waals surface area contributed by atoms with Gasteiger partial charge in [-0.05, 0) is 82.0 Å². The molecule has 0 amide bonds. The van der Waals surface area contributed by atoms with Crippen molar-refractivity contribution in [2.24, 2.45) is 22.7 Å². The maximum absolute atomic E-state index is 11.1. The molecule has 0 aliphatic heterocycles. The van der Waals surface area contributed by atoms with Crippen LogP contribution >= 0.6 is 0 Å². The summed E-state index contributed by atoms with van der Waals surface area (Å²) in [6.45, 7) is 13.9. The molecule has 0 aromatic heterocycles. The molecule has 24 heavy (non-hydrogen) atoms. The van der Waals surface area contributed by atoms with Crippen molar-refractivity contribution in [2.75, 3.05) is 0 Å². The summed E-state index contributed by atoms with van der Waals surface area (Å²) in [6, 6.07) is 0. The van der Waals surface area contributed by atoms with E-state index >= 15 is 0 Å². The highest BCUT2D eigenvalue weighted by Crippen LogP contribution is 2.60. The molecule has 2 aliphatic carbocycles. The topological polar surface area (TPSA) is 17.1 Å². The predicted molar refractivity (Wildman–Crippen MR) is 104 cm³/mol. The van der Waals surface area contributed by atoms with E-state index in [9.17, 15) is 4.79 Å². The van der Waals surface area contributed by atoms with Crippen molar-refractivity contribution in [3.05, 3.63) is 23.3 Å². The van der Waals surface area contributed by atoms with Crippen molar-refractivity contribution in [3.63, 3.8) is 0 Å². The van der Waals surface area contributed by atoms with E-state index in [1.807, 2.05) is 0 Å². The lowest BCUT2D eigenvalue weighted by Gasteiger charge is -2.57. The SMILES string of the molecule is CC(=O)CC/C=C(\C)CC[C@H]1C(C)=CC[C@@H]2C(C)(C)CCC[C@]21C. The Morgan fingerprint density at radius 1 is 1.21 bits per heavy atom. The molecule has 1 fully saturated rings. The molecule has 0 aromatic rings. The van der Waals surface area contributed by atoms with E-state index in [2.05, 4.69) is 46.8 Å². The van der Waals surface area contributed by atoms with Crippen LogP contribution in [0.1, 0.15) is 92.9 Å². The van der Waals surface area contributed by atoms with Crippen LogP contribution in [0.2, 0.25) is 0 Å². The molecule has 1 saturated carbocycles. The van der Waals surface area contributed by atoms with E-state index in [0.717, 1.165) is 18.3 Å². The number of hydrogen-bond donors (Lipinski definition) is 0. The Bertz CT molecular complexity index is 522. The molecule has 0 unspecified atom stereocenters. The number of carbonyl (C=O) groups excluding carboxylic acids is 1. The van der Waals surface area contributed by atoms with Crippen LogP contribution in [0.4, 0.5) is 0 Å². The monoisotopic (exact) mass is 330 g/mol. The predicted octanol–water partition coefficient (Wildman–Crippen LogP) is 6.88. The number of rotatable bonds is 6. The fourth-order valence-corrected chi connectivity index (χ4v) is 5.69. The smallest absolute Gasteiger partial charge is 0.130 e. The van der Waals surface area contributed by atoms with Crippen LogP contribution in [-0.4, -0.2) is 5.78 Å². The number of hydrogen-bond acceptors (Lipinski definition) is 1. The first kappa shape index (κ1) is 19.5. The van der Waals surface area contributed by atoms with Gasteiger partial charge in [-0.15, -0.1) is 0 Å².